The van der Waals surface area contributed by atoms with Crippen LogP contribution < -0.4 is 5.73 Å². The average molecular weight is 220 g/mol. The highest BCUT2D eigenvalue weighted by Gasteiger charge is 2.14. The average Bonchev–Trinajstić information content (AvgIpc) is 2.31. The van der Waals surface area contributed by atoms with E-state index in [0.29, 0.717) is 5.02 Å². The molecule has 1 atom stereocenters. The highest BCUT2D eigenvalue weighted by atomic mass is 35.5. The monoisotopic (exact) mass is 219 g/mol. The minimum Gasteiger partial charge on any atom is -0.481 e. The van der Waals surface area contributed by atoms with E-state index in [1.54, 1.807) is 6.07 Å². The van der Waals surface area contributed by atoms with Crippen LogP contribution in [-0.2, 0) is 4.79 Å². The molecule has 0 aliphatic carbocycles. The van der Waals surface area contributed by atoms with Crippen LogP contribution in [0.25, 0.3) is 0 Å². The summed E-state index contributed by atoms with van der Waals surface area (Å²) in [5.74, 6) is -0.894. The number of aryl methyl sites for hydroxylation is 1. The van der Waals surface area contributed by atoms with Crippen molar-refractivity contribution in [1.82, 2.24) is 0 Å². The van der Waals surface area contributed by atoms with Gasteiger partial charge in [-0.3, -0.25) is 4.79 Å². The number of carboxylic acids is 1. The SMILES string of the molecule is Cc1sc(C(N)CC(=O)O)cc1Cl. The summed E-state index contributed by atoms with van der Waals surface area (Å²) in [7, 11) is 0. The van der Waals surface area contributed by atoms with Crippen LogP contribution in [0.15, 0.2) is 6.07 Å². The molecule has 0 saturated heterocycles. The van der Waals surface area contributed by atoms with Crippen LogP contribution in [0.5, 0.6) is 0 Å². The van der Waals surface area contributed by atoms with Gasteiger partial charge in [-0.2, -0.15) is 0 Å². The van der Waals surface area contributed by atoms with Crippen molar-refractivity contribution < 1.29 is 9.90 Å². The first kappa shape index (κ1) is 10.5. The molecule has 0 aliphatic rings. The molecule has 0 aromatic carbocycles. The van der Waals surface area contributed by atoms with Gasteiger partial charge in [0.1, 0.15) is 0 Å². The summed E-state index contributed by atoms with van der Waals surface area (Å²) in [5.41, 5.74) is 5.65. The van der Waals surface area contributed by atoms with Gasteiger partial charge in [0.15, 0.2) is 0 Å². The Labute approximate surface area is 85.1 Å². The zero-order valence-corrected chi connectivity index (χ0v) is 8.65. The summed E-state index contributed by atoms with van der Waals surface area (Å²) in [6.45, 7) is 1.88. The van der Waals surface area contributed by atoms with Crippen LogP contribution >= 0.6 is 22.9 Å². The molecule has 0 bridgehead atoms. The zero-order chi connectivity index (χ0) is 10.0. The maximum Gasteiger partial charge on any atom is 0.305 e. The lowest BCUT2D eigenvalue weighted by molar-refractivity contribution is -0.137. The number of nitrogens with two attached hydrogens (primary N) is 1. The second kappa shape index (κ2) is 4.09. The minimum absolute atomic E-state index is 0.0592. The molecule has 3 nitrogen and oxygen atoms in total. The molecule has 1 heterocycles. The molecule has 1 rings (SSSR count). The van der Waals surface area contributed by atoms with Crippen LogP contribution in [0.1, 0.15) is 22.2 Å². The van der Waals surface area contributed by atoms with E-state index in [1.165, 1.54) is 11.3 Å². The molecule has 0 fully saturated rings. The van der Waals surface area contributed by atoms with E-state index in [-0.39, 0.29) is 6.42 Å². The number of hydrogen-bond donors (Lipinski definition) is 2. The number of carbonyl (C=O) groups is 1. The summed E-state index contributed by atoms with van der Waals surface area (Å²) in [5, 5.41) is 9.17. The third-order valence-electron chi connectivity index (χ3n) is 1.64. The summed E-state index contributed by atoms with van der Waals surface area (Å²) < 4.78 is 0. The summed E-state index contributed by atoms with van der Waals surface area (Å²) in [6, 6.07) is 1.28. The van der Waals surface area contributed by atoms with E-state index < -0.39 is 12.0 Å². The van der Waals surface area contributed by atoms with Crippen LogP contribution in [0, 0.1) is 6.92 Å². The predicted molar refractivity (Wildman–Crippen MR) is 53.2 cm³/mol. The number of rotatable bonds is 3. The summed E-state index contributed by atoms with van der Waals surface area (Å²) in [4.78, 5) is 12.2. The Morgan fingerprint density at radius 1 is 1.85 bits per heavy atom. The van der Waals surface area contributed by atoms with Gasteiger partial charge in [-0.15, -0.1) is 11.3 Å². The predicted octanol–water partition coefficient (Wildman–Crippen LogP) is 2.18. The Bertz CT molecular complexity index is 304. The van der Waals surface area contributed by atoms with E-state index in [0.717, 1.165) is 9.75 Å². The van der Waals surface area contributed by atoms with Gasteiger partial charge in [0.25, 0.3) is 0 Å². The standard InChI is InChI=1S/C8H10ClNO2S/c1-4-5(9)2-7(13-4)6(10)3-8(11)12/h2,6H,3,10H2,1H3,(H,11,12). The number of halogens is 1. The molecule has 0 aliphatic heterocycles. The van der Waals surface area contributed by atoms with E-state index in [9.17, 15) is 4.79 Å². The van der Waals surface area contributed by atoms with Crippen molar-refractivity contribution in [3.05, 3.63) is 20.8 Å². The van der Waals surface area contributed by atoms with Crippen molar-refractivity contribution in [1.29, 1.82) is 0 Å². The molecule has 0 amide bonds. The van der Waals surface area contributed by atoms with Crippen molar-refractivity contribution >= 4 is 28.9 Å². The molecule has 72 valence electrons. The number of carboxylic acid groups (broad SMARTS) is 1. The van der Waals surface area contributed by atoms with E-state index in [2.05, 4.69) is 0 Å². The van der Waals surface area contributed by atoms with Crippen molar-refractivity contribution in [3.63, 3.8) is 0 Å². The van der Waals surface area contributed by atoms with Crippen molar-refractivity contribution in [2.75, 3.05) is 0 Å². The van der Waals surface area contributed by atoms with Gasteiger partial charge in [0.05, 0.1) is 11.4 Å². The quantitative estimate of drug-likeness (QED) is 0.819. The van der Waals surface area contributed by atoms with Gasteiger partial charge in [0.2, 0.25) is 0 Å². The fraction of sp³-hybridized carbons (Fsp3) is 0.375. The molecule has 13 heavy (non-hydrogen) atoms. The van der Waals surface area contributed by atoms with E-state index >= 15 is 0 Å². The highest BCUT2D eigenvalue weighted by Crippen LogP contribution is 2.30. The lowest BCUT2D eigenvalue weighted by Gasteiger charge is -2.04. The maximum absolute atomic E-state index is 10.4. The molecular weight excluding hydrogens is 210 g/mol. The van der Waals surface area contributed by atoms with Crippen LogP contribution in [0.2, 0.25) is 5.02 Å². The molecule has 5 heteroatoms. The van der Waals surface area contributed by atoms with E-state index in [1.807, 2.05) is 6.92 Å². The first-order valence-electron chi connectivity index (χ1n) is 3.74. The first-order chi connectivity index (χ1) is 6.00. The molecule has 3 N–H and O–H groups in total. The van der Waals surface area contributed by atoms with Gasteiger partial charge < -0.3 is 10.8 Å². The van der Waals surface area contributed by atoms with Crippen molar-refractivity contribution in [3.8, 4) is 0 Å². The van der Waals surface area contributed by atoms with Crippen LogP contribution in [0.3, 0.4) is 0 Å². The zero-order valence-electron chi connectivity index (χ0n) is 7.08. The Kier molecular flexibility index (Phi) is 3.30. The fourth-order valence-corrected chi connectivity index (χ4v) is 2.17. The third kappa shape index (κ3) is 2.69. The minimum atomic E-state index is -0.894. The Balaban J connectivity index is 2.77. The lowest BCUT2D eigenvalue weighted by Crippen LogP contribution is -2.13. The molecule has 0 saturated carbocycles. The van der Waals surface area contributed by atoms with Crippen molar-refractivity contribution in [2.24, 2.45) is 5.73 Å². The first-order valence-corrected chi connectivity index (χ1v) is 4.93. The molecule has 0 spiro atoms. The Morgan fingerprint density at radius 3 is 2.85 bits per heavy atom. The number of hydrogen-bond acceptors (Lipinski definition) is 3. The third-order valence-corrected chi connectivity index (χ3v) is 3.32. The van der Waals surface area contributed by atoms with Gasteiger partial charge >= 0.3 is 5.97 Å². The number of aliphatic carboxylic acids is 1. The van der Waals surface area contributed by atoms with Gasteiger partial charge in [-0.25, -0.2) is 0 Å². The highest BCUT2D eigenvalue weighted by molar-refractivity contribution is 7.12. The smallest absolute Gasteiger partial charge is 0.305 e. The van der Waals surface area contributed by atoms with Crippen LogP contribution in [0.4, 0.5) is 0 Å². The summed E-state index contributed by atoms with van der Waals surface area (Å²) >= 11 is 7.26. The topological polar surface area (TPSA) is 63.3 Å². The molecule has 1 aromatic heterocycles. The lowest BCUT2D eigenvalue weighted by atomic mass is 10.2. The molecule has 1 unspecified atom stereocenters. The summed E-state index contributed by atoms with van der Waals surface area (Å²) in [6.07, 6.45) is -0.0592. The van der Waals surface area contributed by atoms with Crippen molar-refractivity contribution in [2.45, 2.75) is 19.4 Å². The maximum atomic E-state index is 10.4. The van der Waals surface area contributed by atoms with Gasteiger partial charge in [0, 0.05) is 15.8 Å². The molecule has 0 radical (unpaired) electrons. The van der Waals surface area contributed by atoms with Gasteiger partial charge in [-0.05, 0) is 13.0 Å². The Hall–Kier alpha value is -0.580. The normalized spacial score (nSPS) is 12.8. The largest absolute Gasteiger partial charge is 0.481 e. The fourth-order valence-electron chi connectivity index (χ4n) is 0.953. The van der Waals surface area contributed by atoms with Crippen LogP contribution in [-0.4, -0.2) is 11.1 Å². The Morgan fingerprint density at radius 2 is 2.46 bits per heavy atom. The van der Waals surface area contributed by atoms with E-state index in [4.69, 9.17) is 22.4 Å². The molecular formula is C8H10ClNO2S. The second-order valence-corrected chi connectivity index (χ2v) is 4.45. The van der Waals surface area contributed by atoms with Gasteiger partial charge in [-0.1, -0.05) is 11.6 Å². The second-order valence-electron chi connectivity index (χ2n) is 2.76. The molecule has 1 aromatic rings. The number of thiophene rings is 1.